The molecular weight excluding hydrogens is 416 g/mol. The lowest BCUT2D eigenvalue weighted by atomic mass is 10.0. The van der Waals surface area contributed by atoms with Gasteiger partial charge in [0.25, 0.3) is 0 Å². The van der Waals surface area contributed by atoms with Gasteiger partial charge in [0.05, 0.1) is 31.6 Å². The molecule has 1 unspecified atom stereocenters. The summed E-state index contributed by atoms with van der Waals surface area (Å²) in [5.74, 6) is 2.26. The van der Waals surface area contributed by atoms with Gasteiger partial charge in [0, 0.05) is 11.5 Å². The van der Waals surface area contributed by atoms with Crippen LogP contribution in [-0.4, -0.2) is 31.5 Å². The highest BCUT2D eigenvalue weighted by Crippen LogP contribution is 2.36. The second-order valence-corrected chi connectivity index (χ2v) is 8.30. The van der Waals surface area contributed by atoms with Gasteiger partial charge in [0.1, 0.15) is 29.4 Å². The average molecular weight is 453 g/mol. The Labute approximate surface area is 197 Å². The van der Waals surface area contributed by atoms with Crippen molar-refractivity contribution < 1.29 is 23.7 Å². The van der Waals surface area contributed by atoms with E-state index in [1.165, 1.54) is 31.1 Å². The normalized spacial score (nSPS) is 12.0. The first kappa shape index (κ1) is 24.7. The summed E-state index contributed by atoms with van der Waals surface area (Å²) in [5, 5.41) is 11.2. The maximum atomic E-state index is 10.2. The molecule has 3 aromatic rings. The summed E-state index contributed by atoms with van der Waals surface area (Å²) in [6, 6.07) is 14.1. The van der Waals surface area contributed by atoms with Crippen molar-refractivity contribution >= 4 is 11.0 Å². The van der Waals surface area contributed by atoms with Gasteiger partial charge in [-0.1, -0.05) is 32.4 Å². The van der Waals surface area contributed by atoms with Crippen molar-refractivity contribution in [2.45, 2.75) is 58.0 Å². The topological polar surface area (TPSA) is 61.1 Å². The highest BCUT2D eigenvalue weighted by molar-refractivity contribution is 5.85. The molecule has 0 saturated heterocycles. The number of hydrogen-bond donors (Lipinski definition) is 1. The van der Waals surface area contributed by atoms with E-state index >= 15 is 0 Å². The number of aryl methyl sites for hydroxylation is 1. The third kappa shape index (κ3) is 7.29. The van der Waals surface area contributed by atoms with Crippen LogP contribution in [0.5, 0.6) is 11.5 Å². The van der Waals surface area contributed by atoms with Crippen LogP contribution >= 0.6 is 0 Å². The van der Waals surface area contributed by atoms with E-state index in [0.717, 1.165) is 47.3 Å². The third-order valence-corrected chi connectivity index (χ3v) is 5.70. The summed E-state index contributed by atoms with van der Waals surface area (Å²) in [6.07, 6.45) is 8.04. The summed E-state index contributed by atoms with van der Waals surface area (Å²) in [5.41, 5.74) is 2.96. The number of benzene rings is 2. The Bertz CT molecular complexity index is 1010. The van der Waals surface area contributed by atoms with E-state index in [1.807, 2.05) is 24.3 Å². The van der Waals surface area contributed by atoms with Gasteiger partial charge in [-0.3, -0.25) is 0 Å². The molecule has 0 amide bonds. The summed E-state index contributed by atoms with van der Waals surface area (Å²) in [6.45, 7) is 6.60. The molecule has 0 fully saturated rings. The van der Waals surface area contributed by atoms with Crippen molar-refractivity contribution in [3.63, 3.8) is 0 Å². The number of furan rings is 1. The van der Waals surface area contributed by atoms with E-state index in [-0.39, 0.29) is 6.61 Å². The van der Waals surface area contributed by atoms with Crippen LogP contribution in [0.3, 0.4) is 0 Å². The summed E-state index contributed by atoms with van der Waals surface area (Å²) in [4.78, 5) is 0. The molecule has 5 nitrogen and oxygen atoms in total. The van der Waals surface area contributed by atoms with Gasteiger partial charge in [0.2, 0.25) is 0 Å². The van der Waals surface area contributed by atoms with Crippen LogP contribution in [0.4, 0.5) is 0 Å². The zero-order valence-corrected chi connectivity index (χ0v) is 19.8. The van der Waals surface area contributed by atoms with E-state index in [0.29, 0.717) is 18.8 Å². The Morgan fingerprint density at radius 2 is 1.94 bits per heavy atom. The molecule has 0 saturated carbocycles. The van der Waals surface area contributed by atoms with Crippen molar-refractivity contribution in [3.05, 3.63) is 60.9 Å². The Hall–Kier alpha value is -2.92. The minimum absolute atomic E-state index is 0.245. The standard InChI is InChI=1S/C28H36O5/c1-4-6-7-10-21-12-15-25(27(17-21)30-3)28-18-22-13-14-24(19-26(22)33-28)32-20-23(29)11-8-9-16-31-5-2/h5,12-15,17-19,23,29H,2,4,6-11,16,20H2,1,3H3. The molecule has 3 rings (SSSR count). The maximum Gasteiger partial charge on any atom is 0.139 e. The molecule has 2 aromatic carbocycles. The Balaban J connectivity index is 1.63. The van der Waals surface area contributed by atoms with Crippen LogP contribution in [-0.2, 0) is 11.2 Å². The monoisotopic (exact) mass is 452 g/mol. The molecule has 0 spiro atoms. The number of hydrogen-bond acceptors (Lipinski definition) is 5. The lowest BCUT2D eigenvalue weighted by Gasteiger charge is -2.12. The van der Waals surface area contributed by atoms with Crippen LogP contribution < -0.4 is 9.47 Å². The van der Waals surface area contributed by atoms with Gasteiger partial charge in [-0.2, -0.15) is 0 Å². The van der Waals surface area contributed by atoms with Crippen LogP contribution in [0, 0.1) is 0 Å². The Morgan fingerprint density at radius 3 is 2.73 bits per heavy atom. The highest BCUT2D eigenvalue weighted by Gasteiger charge is 2.13. The van der Waals surface area contributed by atoms with Gasteiger partial charge in [-0.15, -0.1) is 0 Å². The largest absolute Gasteiger partial charge is 0.502 e. The molecule has 5 heteroatoms. The molecule has 0 bridgehead atoms. The van der Waals surface area contributed by atoms with Gasteiger partial charge >= 0.3 is 0 Å². The Kier molecular flexibility index (Phi) is 9.70. The van der Waals surface area contributed by atoms with E-state index in [9.17, 15) is 5.11 Å². The minimum atomic E-state index is -0.517. The van der Waals surface area contributed by atoms with Gasteiger partial charge in [-0.05, 0) is 68.0 Å². The van der Waals surface area contributed by atoms with Gasteiger partial charge in [-0.25, -0.2) is 0 Å². The number of rotatable bonds is 15. The molecule has 1 N–H and O–H groups in total. The number of unbranched alkanes of at least 4 members (excludes halogenated alkanes) is 3. The lowest BCUT2D eigenvalue weighted by Crippen LogP contribution is -2.17. The third-order valence-electron chi connectivity index (χ3n) is 5.70. The van der Waals surface area contributed by atoms with Crippen LogP contribution in [0.15, 0.2) is 59.7 Å². The van der Waals surface area contributed by atoms with Crippen molar-refractivity contribution in [2.24, 2.45) is 0 Å². The van der Waals surface area contributed by atoms with E-state index < -0.39 is 6.10 Å². The molecule has 0 aliphatic heterocycles. The zero-order chi connectivity index (χ0) is 23.5. The zero-order valence-electron chi connectivity index (χ0n) is 19.8. The smallest absolute Gasteiger partial charge is 0.139 e. The summed E-state index contributed by atoms with van der Waals surface area (Å²) >= 11 is 0. The van der Waals surface area contributed by atoms with E-state index in [4.69, 9.17) is 18.6 Å². The number of aliphatic hydroxyl groups is 1. The molecule has 1 aromatic heterocycles. The average Bonchev–Trinajstić information content (AvgIpc) is 3.26. The van der Waals surface area contributed by atoms with E-state index in [2.05, 4.69) is 31.7 Å². The number of aliphatic hydroxyl groups excluding tert-OH is 1. The molecule has 178 valence electrons. The second kappa shape index (κ2) is 12.9. The predicted octanol–water partition coefficient (Wildman–Crippen LogP) is 6.91. The van der Waals surface area contributed by atoms with Crippen LogP contribution in [0.25, 0.3) is 22.3 Å². The van der Waals surface area contributed by atoms with Crippen molar-refractivity contribution in [1.82, 2.24) is 0 Å². The molecular formula is C28H36O5. The highest BCUT2D eigenvalue weighted by atomic mass is 16.5. The van der Waals surface area contributed by atoms with Crippen molar-refractivity contribution in [3.8, 4) is 22.8 Å². The number of ether oxygens (including phenoxy) is 3. The first-order valence-corrected chi connectivity index (χ1v) is 11.9. The summed E-state index contributed by atoms with van der Waals surface area (Å²) in [7, 11) is 1.70. The van der Waals surface area contributed by atoms with Gasteiger partial charge in [0.15, 0.2) is 0 Å². The van der Waals surface area contributed by atoms with E-state index in [1.54, 1.807) is 7.11 Å². The fraction of sp³-hybridized carbons (Fsp3) is 0.429. The fourth-order valence-corrected chi connectivity index (χ4v) is 3.83. The summed E-state index contributed by atoms with van der Waals surface area (Å²) < 4.78 is 22.7. The van der Waals surface area contributed by atoms with Crippen molar-refractivity contribution in [1.29, 1.82) is 0 Å². The number of fused-ring (bicyclic) bond motifs is 1. The quantitative estimate of drug-likeness (QED) is 0.200. The molecule has 0 aliphatic rings. The minimum Gasteiger partial charge on any atom is -0.502 e. The fourth-order valence-electron chi connectivity index (χ4n) is 3.83. The molecule has 1 atom stereocenters. The van der Waals surface area contributed by atoms with Crippen LogP contribution in [0.1, 0.15) is 51.0 Å². The predicted molar refractivity (Wildman–Crippen MR) is 133 cm³/mol. The van der Waals surface area contributed by atoms with Gasteiger partial charge < -0.3 is 23.7 Å². The van der Waals surface area contributed by atoms with Crippen LogP contribution in [0.2, 0.25) is 0 Å². The molecule has 33 heavy (non-hydrogen) atoms. The molecule has 1 heterocycles. The second-order valence-electron chi connectivity index (χ2n) is 8.30. The molecule has 0 aliphatic carbocycles. The molecule has 0 radical (unpaired) electrons. The SMILES string of the molecule is C=COCCCCC(O)COc1ccc2cc(-c3ccc(CCCCC)cc3OC)oc2c1. The first-order valence-electron chi connectivity index (χ1n) is 11.9. The number of methoxy groups -OCH3 is 1. The first-order chi connectivity index (χ1) is 16.1. The maximum absolute atomic E-state index is 10.2. The Morgan fingerprint density at radius 1 is 1.06 bits per heavy atom. The lowest BCUT2D eigenvalue weighted by molar-refractivity contribution is 0.0956. The van der Waals surface area contributed by atoms with Crippen molar-refractivity contribution in [2.75, 3.05) is 20.3 Å².